The molecule has 0 bridgehead atoms. The zero-order chi connectivity index (χ0) is 23.4. The van der Waals surface area contributed by atoms with Crippen LogP contribution in [0.3, 0.4) is 0 Å². The van der Waals surface area contributed by atoms with E-state index in [-0.39, 0.29) is 13.7 Å². The van der Waals surface area contributed by atoms with Crippen LogP contribution in [0, 0.1) is 0 Å². The molecule has 5 heteroatoms. The Morgan fingerprint density at radius 2 is 1.12 bits per heavy atom. The van der Waals surface area contributed by atoms with Crippen molar-refractivity contribution >= 4 is 8.56 Å². The van der Waals surface area contributed by atoms with Crippen LogP contribution in [0.5, 0.6) is 0 Å². The predicted molar refractivity (Wildman–Crippen MR) is 144 cm³/mol. The number of quaternary nitrogens is 1. The number of aliphatic hydroxyl groups is 1. The maximum atomic E-state index is 9.62. The summed E-state index contributed by atoms with van der Waals surface area (Å²) in [6.45, 7) is 5.80. The van der Waals surface area contributed by atoms with Crippen LogP contribution in [-0.4, -0.2) is 65.3 Å². The molecular weight excluding hydrogens is 414 g/mol. The summed E-state index contributed by atoms with van der Waals surface area (Å²) in [6.07, 6.45) is 22.3. The van der Waals surface area contributed by atoms with Gasteiger partial charge in [0.05, 0.1) is 32.9 Å². The maximum absolute atomic E-state index is 9.62. The highest BCUT2D eigenvalue weighted by atomic mass is 28.4. The molecule has 4 nitrogen and oxygen atoms in total. The Bertz CT molecular complexity index is 381. The lowest BCUT2D eigenvalue weighted by molar-refractivity contribution is -0.913. The maximum Gasteiger partial charge on any atom is 0.364 e. The number of aliphatic hydroxyl groups excluding tert-OH is 1. The molecule has 0 rings (SSSR count). The van der Waals surface area contributed by atoms with Crippen molar-refractivity contribution in [3.8, 4) is 0 Å². The fraction of sp³-hybridized carbons (Fsp3) is 1.00. The topological polar surface area (TPSA) is 38.7 Å². The molecule has 0 amide bonds. The molecule has 0 aromatic heterocycles. The number of hydrogen-bond acceptors (Lipinski definition) is 3. The van der Waals surface area contributed by atoms with Gasteiger partial charge in [0.25, 0.3) is 0 Å². The van der Waals surface area contributed by atoms with Gasteiger partial charge in [-0.05, 0) is 32.2 Å². The van der Waals surface area contributed by atoms with E-state index in [9.17, 15) is 5.11 Å². The lowest BCUT2D eigenvalue weighted by Crippen LogP contribution is -2.50. The summed E-state index contributed by atoms with van der Waals surface area (Å²) in [5, 5.41) is 9.62. The van der Waals surface area contributed by atoms with Crippen LogP contribution in [0.2, 0.25) is 6.04 Å². The monoisotopic (exact) mass is 476 g/mol. The lowest BCUT2D eigenvalue weighted by Gasteiger charge is -2.37. The Morgan fingerprint density at radius 3 is 1.50 bits per heavy atom. The molecule has 1 atom stereocenters. The molecule has 0 spiro atoms. The second-order valence-electron chi connectivity index (χ2n) is 10.3. The minimum atomic E-state index is -2.37. The fourth-order valence-corrected chi connectivity index (χ4v) is 6.14. The highest BCUT2D eigenvalue weighted by molar-refractivity contribution is 6.67. The first-order valence-electron chi connectivity index (χ1n) is 13.4. The van der Waals surface area contributed by atoms with Crippen molar-refractivity contribution in [3.05, 3.63) is 0 Å². The van der Waals surface area contributed by atoms with Gasteiger partial charge < -0.3 is 18.4 Å². The van der Waals surface area contributed by atoms with Crippen molar-refractivity contribution in [3.63, 3.8) is 0 Å². The minimum Gasteiger partial charge on any atom is -0.396 e. The van der Waals surface area contributed by atoms with Gasteiger partial charge in [0.15, 0.2) is 0 Å². The quantitative estimate of drug-likeness (QED) is 0.0936. The second-order valence-corrected chi connectivity index (χ2v) is 13.8. The van der Waals surface area contributed by atoms with Crippen LogP contribution < -0.4 is 0 Å². The Balaban J connectivity index is 0. The molecule has 1 N–H and O–H groups in total. The second kappa shape index (κ2) is 21.6. The van der Waals surface area contributed by atoms with Crippen LogP contribution >= 0.6 is 0 Å². The predicted octanol–water partition coefficient (Wildman–Crippen LogP) is 7.62. The first kappa shape index (κ1) is 34.2. The van der Waals surface area contributed by atoms with Crippen LogP contribution in [0.15, 0.2) is 0 Å². The Hall–Kier alpha value is 0.0569. The summed E-state index contributed by atoms with van der Waals surface area (Å²) in [7, 11) is 5.66. The van der Waals surface area contributed by atoms with Crippen LogP contribution in [0.4, 0.5) is 0 Å². The third-order valence-corrected chi connectivity index (χ3v) is 10.5. The van der Waals surface area contributed by atoms with E-state index in [0.717, 1.165) is 23.5 Å². The Labute approximate surface area is 204 Å². The molecule has 0 radical (unpaired) electrons. The van der Waals surface area contributed by atoms with Gasteiger partial charge in [0.1, 0.15) is 0 Å². The van der Waals surface area contributed by atoms with E-state index in [4.69, 9.17) is 8.85 Å². The van der Waals surface area contributed by atoms with Crippen LogP contribution in [0.1, 0.15) is 124 Å². The van der Waals surface area contributed by atoms with Crippen molar-refractivity contribution in [1.29, 1.82) is 0 Å². The fourth-order valence-electron chi connectivity index (χ4n) is 4.46. The third-order valence-electron chi connectivity index (χ3n) is 7.45. The van der Waals surface area contributed by atoms with Crippen LogP contribution in [-0.2, 0) is 8.85 Å². The van der Waals surface area contributed by atoms with E-state index in [1.165, 1.54) is 96.3 Å². The lowest BCUT2D eigenvalue weighted by atomic mass is 10.0. The molecule has 0 fully saturated rings. The molecule has 32 heavy (non-hydrogen) atoms. The molecule has 0 saturated heterocycles. The molecule has 0 heterocycles. The van der Waals surface area contributed by atoms with Gasteiger partial charge in [-0.3, -0.25) is 0 Å². The first-order valence-corrected chi connectivity index (χ1v) is 15.6. The zero-order valence-electron chi connectivity index (χ0n) is 22.2. The van der Waals surface area contributed by atoms with Gasteiger partial charge in [-0.1, -0.05) is 97.8 Å². The summed E-state index contributed by atoms with van der Waals surface area (Å²) in [4.78, 5) is 0. The number of rotatable bonds is 23. The largest absolute Gasteiger partial charge is 0.396 e. The first-order chi connectivity index (χ1) is 14.9. The molecular formula is C27H62NO3Si+. The van der Waals surface area contributed by atoms with E-state index in [1.54, 1.807) is 14.2 Å². The highest BCUT2D eigenvalue weighted by Crippen LogP contribution is 2.20. The standard InChI is InChI=1S/C26H58NO3Si.CH4/c1-7-8-9-10-11-12-13-14-15-16-17-18-19-20-22-26(2)27(3,4)23-21-24-31(25-28,29-5)30-6;/h26,28H,7-25H2,1-6H3;1H4/q+1;. The smallest absolute Gasteiger partial charge is 0.364 e. The summed E-state index contributed by atoms with van der Waals surface area (Å²) in [5.41, 5.74) is 0. The summed E-state index contributed by atoms with van der Waals surface area (Å²) in [5.74, 6) is 0. The van der Waals surface area contributed by atoms with E-state index in [0.29, 0.717) is 6.04 Å². The highest BCUT2D eigenvalue weighted by Gasteiger charge is 2.35. The normalized spacial score (nSPS) is 13.2. The summed E-state index contributed by atoms with van der Waals surface area (Å²) < 4.78 is 12.1. The van der Waals surface area contributed by atoms with Crippen molar-refractivity contribution in [1.82, 2.24) is 0 Å². The minimum absolute atomic E-state index is 0. The summed E-state index contributed by atoms with van der Waals surface area (Å²) >= 11 is 0. The van der Waals surface area contributed by atoms with Gasteiger partial charge in [-0.25, -0.2) is 0 Å². The van der Waals surface area contributed by atoms with E-state index < -0.39 is 8.56 Å². The van der Waals surface area contributed by atoms with E-state index >= 15 is 0 Å². The number of unbranched alkanes of at least 4 members (excludes halogenated alkanes) is 13. The van der Waals surface area contributed by atoms with Crippen molar-refractivity contribution in [2.24, 2.45) is 0 Å². The molecule has 0 aliphatic rings. The third kappa shape index (κ3) is 16.6. The van der Waals surface area contributed by atoms with Gasteiger partial charge in [0, 0.05) is 14.2 Å². The molecule has 0 aromatic carbocycles. The SMILES string of the molecule is C.CCCCCCCCCCCCCCCCC(C)[N+](C)(C)CCC[Si](CO)(OC)OC. The van der Waals surface area contributed by atoms with E-state index in [1.807, 2.05) is 0 Å². The van der Waals surface area contributed by atoms with Gasteiger partial charge in [-0.2, -0.15) is 0 Å². The molecule has 0 saturated carbocycles. The molecule has 0 aliphatic carbocycles. The van der Waals surface area contributed by atoms with Crippen molar-refractivity contribution < 1.29 is 18.4 Å². The summed E-state index contributed by atoms with van der Waals surface area (Å²) in [6, 6.07) is 1.54. The molecule has 196 valence electrons. The number of hydrogen-bond donors (Lipinski definition) is 1. The average Bonchev–Trinajstić information content (AvgIpc) is 2.77. The molecule has 1 unspecified atom stereocenters. The van der Waals surface area contributed by atoms with Crippen molar-refractivity contribution in [2.45, 2.75) is 136 Å². The van der Waals surface area contributed by atoms with Crippen LogP contribution in [0.25, 0.3) is 0 Å². The zero-order valence-corrected chi connectivity index (χ0v) is 23.2. The Morgan fingerprint density at radius 1 is 0.719 bits per heavy atom. The van der Waals surface area contributed by atoms with Gasteiger partial charge in [0.2, 0.25) is 0 Å². The molecule has 0 aliphatic heterocycles. The van der Waals surface area contributed by atoms with Gasteiger partial charge in [-0.15, -0.1) is 0 Å². The van der Waals surface area contributed by atoms with Crippen molar-refractivity contribution in [2.75, 3.05) is 41.1 Å². The van der Waals surface area contributed by atoms with Gasteiger partial charge >= 0.3 is 8.56 Å². The Kier molecular flexibility index (Phi) is 23.1. The van der Waals surface area contributed by atoms with E-state index in [2.05, 4.69) is 27.9 Å². The molecule has 0 aromatic rings. The number of nitrogens with zero attached hydrogens (tertiary/aromatic N) is 1. The average molecular weight is 477 g/mol.